The minimum Gasteiger partial charge on any atom is -0.489 e. The second kappa shape index (κ2) is 11.1. The molecule has 35 heavy (non-hydrogen) atoms. The Morgan fingerprint density at radius 2 is 1.77 bits per heavy atom. The molecule has 2 aromatic rings. The van der Waals surface area contributed by atoms with Gasteiger partial charge in [-0.15, -0.1) is 0 Å². The van der Waals surface area contributed by atoms with Gasteiger partial charge in [0, 0.05) is 25.2 Å². The van der Waals surface area contributed by atoms with Crippen LogP contribution in [0.3, 0.4) is 0 Å². The zero-order valence-electron chi connectivity index (χ0n) is 19.5. The van der Waals surface area contributed by atoms with E-state index in [0.29, 0.717) is 18.8 Å². The second-order valence-corrected chi connectivity index (χ2v) is 9.25. The van der Waals surface area contributed by atoms with Crippen molar-refractivity contribution in [2.24, 2.45) is 11.8 Å². The number of likely N-dealkylation sites (tertiary alicyclic amines) is 1. The summed E-state index contributed by atoms with van der Waals surface area (Å²) in [5, 5.41) is 2.84. The number of alkyl halides is 3. The van der Waals surface area contributed by atoms with Crippen molar-refractivity contribution in [2.45, 2.75) is 57.3 Å². The van der Waals surface area contributed by atoms with Crippen molar-refractivity contribution in [3.05, 3.63) is 59.9 Å². The van der Waals surface area contributed by atoms with Gasteiger partial charge in [0.1, 0.15) is 6.61 Å². The molecule has 1 aliphatic carbocycles. The number of nitrogens with one attached hydrogen (secondary N) is 1. The van der Waals surface area contributed by atoms with Crippen LogP contribution in [0.1, 0.15) is 54.6 Å². The number of nitrogens with zero attached hydrogens (tertiary/aromatic N) is 2. The molecule has 1 saturated carbocycles. The Bertz CT molecular complexity index is 1010. The normalized spacial score (nSPS) is 22.6. The first kappa shape index (κ1) is 25.0. The summed E-state index contributed by atoms with van der Waals surface area (Å²) in [5.41, 5.74) is 1.13. The first-order valence-electron chi connectivity index (χ1n) is 12.1. The zero-order chi connectivity index (χ0) is 24.8. The fourth-order valence-electron chi connectivity index (χ4n) is 4.93. The molecule has 0 bridgehead atoms. The smallest absolute Gasteiger partial charge is 0.391 e. The first-order valence-corrected chi connectivity index (χ1v) is 12.1. The van der Waals surface area contributed by atoms with E-state index in [0.717, 1.165) is 18.4 Å². The number of hydrogen-bond donors (Lipinski definition) is 1. The first-order chi connectivity index (χ1) is 16.8. The van der Waals surface area contributed by atoms with Gasteiger partial charge in [-0.05, 0) is 56.2 Å². The molecular formula is C26H30F3N3O3. The molecule has 2 amide bonds. The Hall–Kier alpha value is -3.10. The van der Waals surface area contributed by atoms with Gasteiger partial charge in [-0.1, -0.05) is 30.3 Å². The van der Waals surface area contributed by atoms with Crippen LogP contribution in [0, 0.1) is 11.8 Å². The van der Waals surface area contributed by atoms with E-state index in [-0.39, 0.29) is 61.8 Å². The van der Waals surface area contributed by atoms with Crippen molar-refractivity contribution in [1.82, 2.24) is 15.2 Å². The number of pyridine rings is 1. The predicted octanol–water partition coefficient (Wildman–Crippen LogP) is 4.75. The third kappa shape index (κ3) is 6.32. The van der Waals surface area contributed by atoms with E-state index >= 15 is 0 Å². The van der Waals surface area contributed by atoms with Crippen molar-refractivity contribution in [2.75, 3.05) is 13.2 Å². The molecule has 1 N–H and O–H groups in total. The number of amides is 2. The van der Waals surface area contributed by atoms with Gasteiger partial charge < -0.3 is 15.0 Å². The van der Waals surface area contributed by atoms with E-state index in [4.69, 9.17) is 4.74 Å². The molecule has 0 radical (unpaired) electrons. The minimum absolute atomic E-state index is 0.00600. The van der Waals surface area contributed by atoms with Crippen molar-refractivity contribution in [1.29, 1.82) is 0 Å². The monoisotopic (exact) mass is 489 g/mol. The molecule has 0 spiro atoms. The molecule has 1 saturated heterocycles. The number of benzene rings is 1. The maximum absolute atomic E-state index is 13.1. The van der Waals surface area contributed by atoms with Crippen LogP contribution < -0.4 is 10.1 Å². The average Bonchev–Trinajstić information content (AvgIpc) is 3.34. The van der Waals surface area contributed by atoms with Gasteiger partial charge in [0.15, 0.2) is 11.4 Å². The van der Waals surface area contributed by atoms with Gasteiger partial charge in [0.2, 0.25) is 5.91 Å². The van der Waals surface area contributed by atoms with E-state index in [9.17, 15) is 22.8 Å². The number of hydrogen-bond acceptors (Lipinski definition) is 4. The van der Waals surface area contributed by atoms with Gasteiger partial charge in [-0.2, -0.15) is 13.2 Å². The Balaban J connectivity index is 1.33. The summed E-state index contributed by atoms with van der Waals surface area (Å²) in [4.78, 5) is 31.7. The predicted molar refractivity (Wildman–Crippen MR) is 124 cm³/mol. The molecule has 6 nitrogen and oxygen atoms in total. The zero-order valence-corrected chi connectivity index (χ0v) is 19.5. The maximum Gasteiger partial charge on any atom is 0.391 e. The van der Waals surface area contributed by atoms with Gasteiger partial charge in [0.05, 0.1) is 12.0 Å². The second-order valence-electron chi connectivity index (χ2n) is 9.25. The third-order valence-electron chi connectivity index (χ3n) is 6.91. The number of carbonyl (C=O) groups excluding carboxylic acids is 2. The number of carbonyl (C=O) groups is 2. The van der Waals surface area contributed by atoms with Crippen LogP contribution in [0.15, 0.2) is 48.7 Å². The molecule has 2 aliphatic rings. The number of rotatable bonds is 7. The highest BCUT2D eigenvalue weighted by atomic mass is 19.4. The highest BCUT2D eigenvalue weighted by Crippen LogP contribution is 2.40. The molecule has 0 unspecified atom stereocenters. The lowest BCUT2D eigenvalue weighted by molar-refractivity contribution is -0.185. The van der Waals surface area contributed by atoms with Gasteiger partial charge >= 0.3 is 6.18 Å². The van der Waals surface area contributed by atoms with Crippen LogP contribution >= 0.6 is 0 Å². The lowest BCUT2D eigenvalue weighted by Crippen LogP contribution is -2.44. The Morgan fingerprint density at radius 1 is 1.03 bits per heavy atom. The molecule has 188 valence electrons. The fraction of sp³-hybridized carbons (Fsp3) is 0.500. The van der Waals surface area contributed by atoms with E-state index in [1.807, 2.05) is 30.3 Å². The fourth-order valence-corrected chi connectivity index (χ4v) is 4.93. The lowest BCUT2D eigenvalue weighted by Gasteiger charge is -2.33. The van der Waals surface area contributed by atoms with Crippen molar-refractivity contribution < 1.29 is 27.5 Å². The largest absolute Gasteiger partial charge is 0.489 e. The highest BCUT2D eigenvalue weighted by molar-refractivity contribution is 5.94. The summed E-state index contributed by atoms with van der Waals surface area (Å²) in [7, 11) is 0. The molecule has 4 rings (SSSR count). The number of ether oxygens (including phenoxy) is 1. The Morgan fingerprint density at radius 3 is 2.49 bits per heavy atom. The molecule has 9 heteroatoms. The van der Waals surface area contributed by atoms with E-state index in [1.165, 1.54) is 6.20 Å². The van der Waals surface area contributed by atoms with Crippen LogP contribution in [0.5, 0.6) is 5.75 Å². The molecule has 1 aromatic carbocycles. The van der Waals surface area contributed by atoms with Crippen LogP contribution in [0.4, 0.5) is 13.2 Å². The van der Waals surface area contributed by atoms with Gasteiger partial charge in [-0.3, -0.25) is 9.59 Å². The summed E-state index contributed by atoms with van der Waals surface area (Å²) in [6.45, 7) is 1.13. The molecule has 2 heterocycles. The van der Waals surface area contributed by atoms with E-state index < -0.39 is 12.1 Å². The van der Waals surface area contributed by atoms with Crippen molar-refractivity contribution >= 4 is 11.8 Å². The van der Waals surface area contributed by atoms with Crippen molar-refractivity contribution in [3.63, 3.8) is 0 Å². The minimum atomic E-state index is -4.19. The Kier molecular flexibility index (Phi) is 7.93. The van der Waals surface area contributed by atoms with Crippen LogP contribution in [-0.4, -0.2) is 47.1 Å². The average molecular weight is 490 g/mol. The quantitative estimate of drug-likeness (QED) is 0.609. The summed E-state index contributed by atoms with van der Waals surface area (Å²) in [6.07, 6.45) is -0.560. The molecular weight excluding hydrogens is 459 g/mol. The summed E-state index contributed by atoms with van der Waals surface area (Å²) >= 11 is 0. The lowest BCUT2D eigenvalue weighted by atomic mass is 9.81. The summed E-state index contributed by atoms with van der Waals surface area (Å²) in [5.74, 6) is -1.77. The van der Waals surface area contributed by atoms with Gasteiger partial charge in [0.25, 0.3) is 5.91 Å². The van der Waals surface area contributed by atoms with Crippen LogP contribution in [0.2, 0.25) is 0 Å². The molecule has 2 fully saturated rings. The van der Waals surface area contributed by atoms with E-state index in [1.54, 1.807) is 17.0 Å². The standard InChI is InChI=1S/C26H30F3N3O3/c27-26(28,29)20-12-10-19(11-13-20)25(34)32-15-5-8-21(32)17-35-22-9-4-14-30-23(22)24(33)31-16-18-6-2-1-3-7-18/h1-4,6-7,9,14,19-21H,5,8,10-13,15-17H2,(H,31,33)/t19-,20-,21-/m1/s1. The van der Waals surface area contributed by atoms with Crippen LogP contribution in [-0.2, 0) is 11.3 Å². The third-order valence-corrected chi connectivity index (χ3v) is 6.91. The van der Waals surface area contributed by atoms with Gasteiger partial charge in [-0.25, -0.2) is 4.98 Å². The maximum atomic E-state index is 13.1. The highest BCUT2D eigenvalue weighted by Gasteiger charge is 2.44. The van der Waals surface area contributed by atoms with Crippen LogP contribution in [0.25, 0.3) is 0 Å². The summed E-state index contributed by atoms with van der Waals surface area (Å²) in [6, 6.07) is 12.7. The topological polar surface area (TPSA) is 71.5 Å². The number of aromatic nitrogens is 1. The summed E-state index contributed by atoms with van der Waals surface area (Å²) < 4.78 is 44.9. The Labute approximate surface area is 202 Å². The van der Waals surface area contributed by atoms with E-state index in [2.05, 4.69) is 10.3 Å². The van der Waals surface area contributed by atoms with Crippen molar-refractivity contribution in [3.8, 4) is 5.75 Å². The molecule has 1 atom stereocenters. The SMILES string of the molecule is O=C(NCc1ccccc1)c1ncccc1OC[C@H]1CCCN1C(=O)[C@H]1CC[C@H](C(F)(F)F)CC1. The number of halogens is 3. The molecule has 1 aromatic heterocycles. The molecule has 1 aliphatic heterocycles.